The molecule has 0 radical (unpaired) electrons. The minimum absolute atomic E-state index is 0.249. The minimum Gasteiger partial charge on any atom is -0.340 e. The number of carbonyl (C=O) groups excluding carboxylic acids is 1. The maximum absolute atomic E-state index is 11.4. The quantitative estimate of drug-likeness (QED) is 0.633. The van der Waals surface area contributed by atoms with Crippen LogP contribution in [0.4, 0.5) is 0 Å². The van der Waals surface area contributed by atoms with Crippen molar-refractivity contribution in [3.63, 3.8) is 0 Å². The molecule has 1 aliphatic heterocycles. The Bertz CT molecular complexity index is 205. The summed E-state index contributed by atoms with van der Waals surface area (Å²) >= 11 is 0. The summed E-state index contributed by atoms with van der Waals surface area (Å²) in [5.74, 6) is 0.249. The van der Waals surface area contributed by atoms with E-state index in [0.29, 0.717) is 11.5 Å². The van der Waals surface area contributed by atoms with E-state index in [-0.39, 0.29) is 5.91 Å². The molecule has 14 heavy (non-hydrogen) atoms. The summed E-state index contributed by atoms with van der Waals surface area (Å²) in [5, 5.41) is 0. The zero-order valence-corrected chi connectivity index (χ0v) is 9.97. The van der Waals surface area contributed by atoms with Gasteiger partial charge in [0.1, 0.15) is 0 Å². The minimum atomic E-state index is 0.249. The molecule has 1 unspecified atom stereocenters. The molecule has 1 fully saturated rings. The second kappa shape index (κ2) is 4.33. The van der Waals surface area contributed by atoms with Gasteiger partial charge >= 0.3 is 0 Å². The number of amides is 1. The van der Waals surface area contributed by atoms with Crippen LogP contribution in [0.15, 0.2) is 0 Å². The average molecular weight is 197 g/mol. The Labute approximate surface area is 87.7 Å². The summed E-state index contributed by atoms with van der Waals surface area (Å²) in [4.78, 5) is 13.5. The van der Waals surface area contributed by atoms with Gasteiger partial charge in [-0.3, -0.25) is 4.79 Å². The smallest absolute Gasteiger partial charge is 0.219 e. The third kappa shape index (κ3) is 3.32. The largest absolute Gasteiger partial charge is 0.340 e. The first-order chi connectivity index (χ1) is 6.40. The molecule has 1 amide bonds. The molecule has 82 valence electrons. The van der Waals surface area contributed by atoms with Crippen LogP contribution in [0.1, 0.15) is 53.4 Å². The first-order valence-electron chi connectivity index (χ1n) is 5.67. The molecule has 1 rings (SSSR count). The monoisotopic (exact) mass is 197 g/mol. The number of nitrogens with zero attached hydrogens (tertiary/aromatic N) is 1. The Kier molecular flexibility index (Phi) is 3.57. The summed E-state index contributed by atoms with van der Waals surface area (Å²) < 4.78 is 0. The van der Waals surface area contributed by atoms with Crippen molar-refractivity contribution in [2.45, 2.75) is 59.4 Å². The van der Waals surface area contributed by atoms with Gasteiger partial charge in [0.15, 0.2) is 0 Å². The lowest BCUT2D eigenvalue weighted by atomic mass is 9.84. The third-order valence-corrected chi connectivity index (χ3v) is 2.88. The SMILES string of the molecule is CC(=O)N1CCCCC1CC(C)(C)C. The highest BCUT2D eigenvalue weighted by Gasteiger charge is 2.27. The molecule has 0 aromatic rings. The van der Waals surface area contributed by atoms with Crippen molar-refractivity contribution >= 4 is 5.91 Å². The normalized spacial score (nSPS) is 23.7. The zero-order chi connectivity index (χ0) is 10.8. The highest BCUT2D eigenvalue weighted by atomic mass is 16.2. The topological polar surface area (TPSA) is 20.3 Å². The van der Waals surface area contributed by atoms with Gasteiger partial charge < -0.3 is 4.90 Å². The van der Waals surface area contributed by atoms with Crippen molar-refractivity contribution in [1.82, 2.24) is 4.90 Å². The standard InChI is InChI=1S/C12H23NO/c1-10(14)13-8-6-5-7-11(13)9-12(2,3)4/h11H,5-9H2,1-4H3. The van der Waals surface area contributed by atoms with E-state index >= 15 is 0 Å². The van der Waals surface area contributed by atoms with Gasteiger partial charge in [-0.1, -0.05) is 20.8 Å². The van der Waals surface area contributed by atoms with Gasteiger partial charge in [0.2, 0.25) is 5.91 Å². The van der Waals surface area contributed by atoms with Crippen molar-refractivity contribution in [3.8, 4) is 0 Å². The molecular weight excluding hydrogens is 174 g/mol. The molecule has 1 saturated heterocycles. The van der Waals surface area contributed by atoms with Crippen LogP contribution in [0, 0.1) is 5.41 Å². The average Bonchev–Trinajstić information content (AvgIpc) is 2.01. The van der Waals surface area contributed by atoms with Crippen molar-refractivity contribution in [3.05, 3.63) is 0 Å². The fraction of sp³-hybridized carbons (Fsp3) is 0.917. The van der Waals surface area contributed by atoms with Crippen LogP contribution < -0.4 is 0 Å². The molecule has 1 heterocycles. The van der Waals surface area contributed by atoms with E-state index in [1.54, 1.807) is 6.92 Å². The van der Waals surface area contributed by atoms with Crippen molar-refractivity contribution in [2.75, 3.05) is 6.54 Å². The van der Waals surface area contributed by atoms with Crippen LogP contribution in [-0.2, 0) is 4.79 Å². The maximum Gasteiger partial charge on any atom is 0.219 e. The number of hydrogen-bond donors (Lipinski definition) is 0. The summed E-state index contributed by atoms with van der Waals surface area (Å²) in [7, 11) is 0. The second-order valence-electron chi connectivity index (χ2n) is 5.63. The van der Waals surface area contributed by atoms with Gasteiger partial charge in [-0.25, -0.2) is 0 Å². The van der Waals surface area contributed by atoms with Crippen LogP contribution >= 0.6 is 0 Å². The highest BCUT2D eigenvalue weighted by Crippen LogP contribution is 2.29. The van der Waals surface area contributed by atoms with E-state index in [4.69, 9.17) is 0 Å². The number of hydrogen-bond acceptors (Lipinski definition) is 1. The lowest BCUT2D eigenvalue weighted by Crippen LogP contribution is -2.44. The fourth-order valence-electron chi connectivity index (χ4n) is 2.33. The lowest BCUT2D eigenvalue weighted by molar-refractivity contribution is -0.133. The van der Waals surface area contributed by atoms with E-state index in [0.717, 1.165) is 13.0 Å². The highest BCUT2D eigenvalue weighted by molar-refractivity contribution is 5.73. The molecule has 1 atom stereocenters. The van der Waals surface area contributed by atoms with Gasteiger partial charge in [0.25, 0.3) is 0 Å². The molecule has 0 aromatic heterocycles. The molecule has 0 saturated carbocycles. The predicted molar refractivity (Wildman–Crippen MR) is 59.1 cm³/mol. The Hall–Kier alpha value is -0.530. The van der Waals surface area contributed by atoms with Crippen molar-refractivity contribution in [1.29, 1.82) is 0 Å². The molecule has 2 nitrogen and oxygen atoms in total. The molecule has 0 bridgehead atoms. The van der Waals surface area contributed by atoms with Gasteiger partial charge in [0.05, 0.1) is 0 Å². The fourth-order valence-corrected chi connectivity index (χ4v) is 2.33. The molecule has 2 heteroatoms. The lowest BCUT2D eigenvalue weighted by Gasteiger charge is -2.38. The van der Waals surface area contributed by atoms with Crippen molar-refractivity contribution < 1.29 is 4.79 Å². The molecule has 0 aromatic carbocycles. The Morgan fingerprint density at radius 2 is 2.00 bits per heavy atom. The molecule has 0 N–H and O–H groups in total. The molecule has 1 aliphatic rings. The first kappa shape index (κ1) is 11.5. The summed E-state index contributed by atoms with van der Waals surface area (Å²) in [6.07, 6.45) is 4.79. The third-order valence-electron chi connectivity index (χ3n) is 2.88. The first-order valence-corrected chi connectivity index (χ1v) is 5.67. The van der Waals surface area contributed by atoms with Gasteiger partial charge in [-0.2, -0.15) is 0 Å². The van der Waals surface area contributed by atoms with Crippen molar-refractivity contribution in [2.24, 2.45) is 5.41 Å². The van der Waals surface area contributed by atoms with Gasteiger partial charge in [-0.05, 0) is 31.1 Å². The van der Waals surface area contributed by atoms with E-state index in [1.165, 1.54) is 19.3 Å². The van der Waals surface area contributed by atoms with E-state index < -0.39 is 0 Å². The molecule has 0 aliphatic carbocycles. The van der Waals surface area contributed by atoms with Crippen LogP contribution in [-0.4, -0.2) is 23.4 Å². The molecule has 0 spiro atoms. The van der Waals surface area contributed by atoms with Crippen LogP contribution in [0.3, 0.4) is 0 Å². The summed E-state index contributed by atoms with van der Waals surface area (Å²) in [6.45, 7) is 9.41. The molecular formula is C12H23NO. The van der Waals surface area contributed by atoms with E-state index in [1.807, 2.05) is 0 Å². The number of likely N-dealkylation sites (tertiary alicyclic amines) is 1. The zero-order valence-electron chi connectivity index (χ0n) is 9.97. The van der Waals surface area contributed by atoms with Crippen LogP contribution in [0.25, 0.3) is 0 Å². The second-order valence-corrected chi connectivity index (χ2v) is 5.63. The van der Waals surface area contributed by atoms with Gasteiger partial charge in [0, 0.05) is 19.5 Å². The number of piperidine rings is 1. The van der Waals surface area contributed by atoms with Gasteiger partial charge in [-0.15, -0.1) is 0 Å². The van der Waals surface area contributed by atoms with E-state index in [9.17, 15) is 4.79 Å². The Morgan fingerprint density at radius 1 is 1.36 bits per heavy atom. The Balaban J connectivity index is 2.59. The maximum atomic E-state index is 11.4. The predicted octanol–water partition coefficient (Wildman–Crippen LogP) is 2.82. The van der Waals surface area contributed by atoms with Crippen LogP contribution in [0.5, 0.6) is 0 Å². The Morgan fingerprint density at radius 3 is 2.50 bits per heavy atom. The summed E-state index contributed by atoms with van der Waals surface area (Å²) in [6, 6.07) is 0.487. The van der Waals surface area contributed by atoms with E-state index in [2.05, 4.69) is 25.7 Å². The number of rotatable bonds is 1. The summed E-state index contributed by atoms with van der Waals surface area (Å²) in [5.41, 5.74) is 0.329. The van der Waals surface area contributed by atoms with Crippen LogP contribution in [0.2, 0.25) is 0 Å². The number of carbonyl (C=O) groups is 1.